The summed E-state index contributed by atoms with van der Waals surface area (Å²) in [6, 6.07) is 1.97. The average molecular weight is 339 g/mol. The van der Waals surface area contributed by atoms with Crippen molar-refractivity contribution in [3.05, 3.63) is 48.1 Å². The third-order valence-electron chi connectivity index (χ3n) is 4.73. The van der Waals surface area contributed by atoms with Crippen molar-refractivity contribution in [2.75, 3.05) is 18.0 Å². The molecule has 1 fully saturated rings. The Kier molecular flexibility index (Phi) is 3.91. The molecule has 130 valence electrons. The van der Waals surface area contributed by atoms with Crippen LogP contribution in [0, 0.1) is 13.8 Å². The zero-order valence-electron chi connectivity index (χ0n) is 14.4. The Labute approximate surface area is 145 Å². The van der Waals surface area contributed by atoms with E-state index in [-0.39, 0.29) is 11.9 Å². The van der Waals surface area contributed by atoms with Gasteiger partial charge in [-0.3, -0.25) is 4.79 Å². The number of anilines is 1. The first kappa shape index (κ1) is 15.7. The van der Waals surface area contributed by atoms with Crippen molar-refractivity contribution >= 4 is 17.2 Å². The molecule has 1 saturated heterocycles. The summed E-state index contributed by atoms with van der Waals surface area (Å²) in [5.41, 5.74) is 1.64. The molecule has 0 atom stereocenters. The van der Waals surface area contributed by atoms with Crippen LogP contribution in [0.25, 0.3) is 5.52 Å². The van der Waals surface area contributed by atoms with Gasteiger partial charge in [0.1, 0.15) is 17.0 Å². The van der Waals surface area contributed by atoms with Crippen molar-refractivity contribution in [2.45, 2.75) is 32.7 Å². The summed E-state index contributed by atoms with van der Waals surface area (Å²) in [7, 11) is 0. The SMILES string of the molecule is Cc1cc(C(=O)NC2CCN(c3nccn4cncc34)CC2)c(C)o1. The zero-order valence-corrected chi connectivity index (χ0v) is 14.4. The molecular formula is C18H21N5O2. The highest BCUT2D eigenvalue weighted by Gasteiger charge is 2.24. The van der Waals surface area contributed by atoms with Gasteiger partial charge in [-0.2, -0.15) is 0 Å². The predicted octanol–water partition coefficient (Wildman–Crippen LogP) is 2.34. The molecule has 25 heavy (non-hydrogen) atoms. The van der Waals surface area contributed by atoms with Crippen LogP contribution in [-0.4, -0.2) is 39.4 Å². The number of imidazole rings is 1. The summed E-state index contributed by atoms with van der Waals surface area (Å²) >= 11 is 0. The highest BCUT2D eigenvalue weighted by Crippen LogP contribution is 2.23. The molecule has 0 unspecified atom stereocenters. The van der Waals surface area contributed by atoms with Crippen LogP contribution in [0.3, 0.4) is 0 Å². The number of piperidine rings is 1. The van der Waals surface area contributed by atoms with Gasteiger partial charge in [0.05, 0.1) is 18.1 Å². The van der Waals surface area contributed by atoms with E-state index in [0.29, 0.717) is 11.3 Å². The topological polar surface area (TPSA) is 75.7 Å². The molecule has 3 aromatic heterocycles. The quantitative estimate of drug-likeness (QED) is 0.793. The highest BCUT2D eigenvalue weighted by molar-refractivity contribution is 5.95. The molecular weight excluding hydrogens is 318 g/mol. The van der Waals surface area contributed by atoms with Gasteiger partial charge in [0.15, 0.2) is 5.82 Å². The second-order valence-electron chi connectivity index (χ2n) is 6.50. The lowest BCUT2D eigenvalue weighted by atomic mass is 10.0. The number of amides is 1. The number of nitrogens with one attached hydrogen (secondary N) is 1. The van der Waals surface area contributed by atoms with Crippen molar-refractivity contribution in [2.24, 2.45) is 0 Å². The first-order valence-corrected chi connectivity index (χ1v) is 8.51. The van der Waals surface area contributed by atoms with E-state index in [4.69, 9.17) is 4.42 Å². The summed E-state index contributed by atoms with van der Waals surface area (Å²) in [4.78, 5) is 23.4. The largest absolute Gasteiger partial charge is 0.466 e. The smallest absolute Gasteiger partial charge is 0.255 e. The normalized spacial score (nSPS) is 15.7. The lowest BCUT2D eigenvalue weighted by Gasteiger charge is -2.33. The van der Waals surface area contributed by atoms with Crippen LogP contribution in [0.4, 0.5) is 5.82 Å². The van der Waals surface area contributed by atoms with Crippen molar-refractivity contribution < 1.29 is 9.21 Å². The molecule has 0 spiro atoms. The maximum absolute atomic E-state index is 12.4. The number of nitrogens with zero attached hydrogens (tertiary/aromatic N) is 4. The van der Waals surface area contributed by atoms with Gasteiger partial charge in [-0.05, 0) is 32.8 Å². The molecule has 1 aliphatic heterocycles. The first-order chi connectivity index (χ1) is 12.1. The average Bonchev–Trinajstić information content (AvgIpc) is 3.21. The fraction of sp³-hybridized carbons (Fsp3) is 0.389. The van der Waals surface area contributed by atoms with E-state index in [1.54, 1.807) is 18.6 Å². The summed E-state index contributed by atoms with van der Waals surface area (Å²) in [6.45, 7) is 5.38. The fourth-order valence-corrected chi connectivity index (χ4v) is 3.44. The van der Waals surface area contributed by atoms with Crippen LogP contribution < -0.4 is 10.2 Å². The molecule has 0 saturated carbocycles. The number of aromatic nitrogens is 3. The molecule has 0 aliphatic carbocycles. The Hall–Kier alpha value is -2.83. The number of fused-ring (bicyclic) bond motifs is 1. The van der Waals surface area contributed by atoms with Gasteiger partial charge in [-0.25, -0.2) is 9.97 Å². The number of hydrogen-bond donors (Lipinski definition) is 1. The molecule has 1 N–H and O–H groups in total. The highest BCUT2D eigenvalue weighted by atomic mass is 16.3. The van der Waals surface area contributed by atoms with Gasteiger partial charge in [0.2, 0.25) is 0 Å². The maximum Gasteiger partial charge on any atom is 0.255 e. The molecule has 3 aromatic rings. The number of furan rings is 1. The number of carbonyl (C=O) groups excluding carboxylic acids is 1. The third-order valence-corrected chi connectivity index (χ3v) is 4.73. The van der Waals surface area contributed by atoms with E-state index in [1.165, 1.54) is 0 Å². The molecule has 7 heteroatoms. The zero-order chi connectivity index (χ0) is 17.4. The standard InChI is InChI=1S/C18H21N5O2/c1-12-9-15(13(2)25-12)18(24)21-14-3-6-22(7-4-14)17-16-10-19-11-23(16)8-5-20-17/h5,8-11,14H,3-4,6-7H2,1-2H3,(H,21,24). The van der Waals surface area contributed by atoms with Gasteiger partial charge in [0.25, 0.3) is 5.91 Å². The van der Waals surface area contributed by atoms with Crippen molar-refractivity contribution in [3.8, 4) is 0 Å². The van der Waals surface area contributed by atoms with E-state index in [1.807, 2.05) is 30.6 Å². The molecule has 0 radical (unpaired) electrons. The summed E-state index contributed by atoms with van der Waals surface area (Å²) in [5.74, 6) is 2.33. The molecule has 4 rings (SSSR count). The summed E-state index contributed by atoms with van der Waals surface area (Å²) < 4.78 is 7.42. The molecule has 7 nitrogen and oxygen atoms in total. The van der Waals surface area contributed by atoms with Gasteiger partial charge in [0, 0.05) is 31.5 Å². The minimum absolute atomic E-state index is 0.0520. The molecule has 4 heterocycles. The third kappa shape index (κ3) is 2.97. The second-order valence-corrected chi connectivity index (χ2v) is 6.50. The van der Waals surface area contributed by atoms with E-state index >= 15 is 0 Å². The number of rotatable bonds is 3. The van der Waals surface area contributed by atoms with Crippen LogP contribution in [0.1, 0.15) is 34.7 Å². The first-order valence-electron chi connectivity index (χ1n) is 8.51. The molecule has 0 aromatic carbocycles. The predicted molar refractivity (Wildman–Crippen MR) is 93.9 cm³/mol. The summed E-state index contributed by atoms with van der Waals surface area (Å²) in [5, 5.41) is 3.13. The molecule has 1 amide bonds. The van der Waals surface area contributed by atoms with Crippen molar-refractivity contribution in [1.82, 2.24) is 19.7 Å². The Morgan fingerprint density at radius 3 is 2.84 bits per heavy atom. The van der Waals surface area contributed by atoms with Gasteiger partial charge in [-0.1, -0.05) is 0 Å². The van der Waals surface area contributed by atoms with Crippen LogP contribution in [0.5, 0.6) is 0 Å². The van der Waals surface area contributed by atoms with Crippen molar-refractivity contribution in [1.29, 1.82) is 0 Å². The number of carbonyl (C=O) groups is 1. The van der Waals surface area contributed by atoms with E-state index in [9.17, 15) is 4.79 Å². The van der Waals surface area contributed by atoms with E-state index < -0.39 is 0 Å². The van der Waals surface area contributed by atoms with Crippen LogP contribution in [-0.2, 0) is 0 Å². The van der Waals surface area contributed by atoms with Crippen molar-refractivity contribution in [3.63, 3.8) is 0 Å². The number of hydrogen-bond acceptors (Lipinski definition) is 5. The van der Waals surface area contributed by atoms with Gasteiger partial charge in [-0.15, -0.1) is 0 Å². The van der Waals surface area contributed by atoms with Gasteiger partial charge < -0.3 is 19.0 Å². The lowest BCUT2D eigenvalue weighted by Crippen LogP contribution is -2.45. The molecule has 0 bridgehead atoms. The molecule has 1 aliphatic rings. The number of aryl methyl sites for hydroxylation is 2. The minimum atomic E-state index is -0.0520. The maximum atomic E-state index is 12.4. The van der Waals surface area contributed by atoms with E-state index in [2.05, 4.69) is 20.2 Å². The summed E-state index contributed by atoms with van der Waals surface area (Å²) in [6.07, 6.45) is 9.08. The lowest BCUT2D eigenvalue weighted by molar-refractivity contribution is 0.0929. The van der Waals surface area contributed by atoms with Crippen LogP contribution in [0.2, 0.25) is 0 Å². The second kappa shape index (κ2) is 6.23. The minimum Gasteiger partial charge on any atom is -0.466 e. The van der Waals surface area contributed by atoms with E-state index in [0.717, 1.165) is 43.0 Å². The Morgan fingerprint density at radius 2 is 2.12 bits per heavy atom. The Bertz CT molecular complexity index is 905. The Balaban J connectivity index is 1.41. The Morgan fingerprint density at radius 1 is 1.32 bits per heavy atom. The van der Waals surface area contributed by atoms with Crippen LogP contribution in [0.15, 0.2) is 35.4 Å². The fourth-order valence-electron chi connectivity index (χ4n) is 3.44. The monoisotopic (exact) mass is 339 g/mol. The van der Waals surface area contributed by atoms with Gasteiger partial charge >= 0.3 is 0 Å². The van der Waals surface area contributed by atoms with Crippen LogP contribution >= 0.6 is 0 Å².